The van der Waals surface area contributed by atoms with Gasteiger partial charge in [0.1, 0.15) is 11.4 Å². The van der Waals surface area contributed by atoms with Crippen molar-refractivity contribution >= 4 is 0 Å². The summed E-state index contributed by atoms with van der Waals surface area (Å²) >= 11 is 0. The van der Waals surface area contributed by atoms with Crippen LogP contribution in [0.25, 0.3) is 22.5 Å². The molecule has 0 fully saturated rings. The van der Waals surface area contributed by atoms with Crippen LogP contribution in [0.4, 0.5) is 0 Å². The molecule has 44 heavy (non-hydrogen) atoms. The molecule has 9 nitrogen and oxygen atoms in total. The molecular weight excluding hydrogens is 583 g/mol. The van der Waals surface area contributed by atoms with E-state index in [0.717, 1.165) is 46.5 Å². The van der Waals surface area contributed by atoms with Crippen molar-refractivity contribution in [2.75, 3.05) is 0 Å². The van der Waals surface area contributed by atoms with Crippen LogP contribution in [-0.2, 0) is 25.8 Å². The van der Waals surface area contributed by atoms with Crippen molar-refractivity contribution < 1.29 is 66.8 Å². The summed E-state index contributed by atoms with van der Waals surface area (Å²) in [5.74, 6) is 1.94. The van der Waals surface area contributed by atoms with Gasteiger partial charge in [-0.25, -0.2) is 9.78 Å². The minimum atomic E-state index is -0.604. The standard InChI is InChI=1S/C34H34N4O5.K.H/c1-5-10-28-35-26(6-2)30(41-27-14-9-11-23-19-34(3,4)42-29(23)27)32(39)38(28)20-21-15-17-22(18-16-21)24-12-7-8-13-25(24)31-36-33(40)43-37-31;;/h7-9,11-18H,5-6,10,19-20H2,1-4H3,(H,36,37,40);;/q;+1;-1. The number of rotatable bonds is 9. The maximum Gasteiger partial charge on any atom is 1.00 e. The van der Waals surface area contributed by atoms with Gasteiger partial charge in [-0.3, -0.25) is 18.9 Å². The van der Waals surface area contributed by atoms with E-state index in [-0.39, 0.29) is 69.7 Å². The summed E-state index contributed by atoms with van der Waals surface area (Å²) in [5.41, 5.74) is 4.68. The summed E-state index contributed by atoms with van der Waals surface area (Å²) in [6, 6.07) is 21.4. The fourth-order valence-corrected chi connectivity index (χ4v) is 5.59. The number of aromatic amines is 1. The molecule has 222 valence electrons. The molecule has 2 aromatic heterocycles. The van der Waals surface area contributed by atoms with Crippen molar-refractivity contribution in [1.82, 2.24) is 19.7 Å². The van der Waals surface area contributed by atoms with E-state index >= 15 is 0 Å². The first-order valence-corrected chi connectivity index (χ1v) is 14.6. The molecule has 1 N–H and O–H groups in total. The number of H-pyrrole nitrogens is 1. The second-order valence-corrected chi connectivity index (χ2v) is 11.4. The third kappa shape index (κ3) is 6.55. The number of hydrogen-bond acceptors (Lipinski definition) is 7. The van der Waals surface area contributed by atoms with Gasteiger partial charge in [-0.1, -0.05) is 79.7 Å². The number of ether oxygens (including phenoxy) is 2. The maximum atomic E-state index is 14.1. The fourth-order valence-electron chi connectivity index (χ4n) is 5.59. The van der Waals surface area contributed by atoms with Gasteiger partial charge in [-0.15, -0.1) is 0 Å². The molecule has 5 aromatic rings. The summed E-state index contributed by atoms with van der Waals surface area (Å²) in [6.07, 6.45) is 2.86. The third-order valence-electron chi connectivity index (χ3n) is 7.58. The van der Waals surface area contributed by atoms with Crippen LogP contribution in [0.1, 0.15) is 58.2 Å². The molecule has 3 aromatic carbocycles. The molecule has 1 aliphatic heterocycles. The van der Waals surface area contributed by atoms with Crippen molar-refractivity contribution in [3.8, 4) is 39.8 Å². The minimum absolute atomic E-state index is 0. The number of nitrogens with zero attached hydrogens (tertiary/aromatic N) is 3. The van der Waals surface area contributed by atoms with Crippen molar-refractivity contribution in [1.29, 1.82) is 0 Å². The molecule has 0 atom stereocenters. The number of benzene rings is 3. The molecule has 0 bridgehead atoms. The van der Waals surface area contributed by atoms with Gasteiger partial charge in [-0.2, -0.15) is 0 Å². The van der Waals surface area contributed by atoms with E-state index < -0.39 is 5.76 Å². The van der Waals surface area contributed by atoms with Crippen molar-refractivity contribution in [2.24, 2.45) is 0 Å². The Morgan fingerprint density at radius 3 is 2.43 bits per heavy atom. The smallest absolute Gasteiger partial charge is 1.00 e. The van der Waals surface area contributed by atoms with Gasteiger partial charge in [0.05, 0.1) is 12.2 Å². The van der Waals surface area contributed by atoms with Crippen molar-refractivity contribution in [3.05, 3.63) is 110 Å². The summed E-state index contributed by atoms with van der Waals surface area (Å²) in [4.78, 5) is 33.2. The van der Waals surface area contributed by atoms with Gasteiger partial charge in [0.15, 0.2) is 17.3 Å². The number of aryl methyl sites for hydroxylation is 2. The van der Waals surface area contributed by atoms with Crippen LogP contribution in [0.15, 0.2) is 80.8 Å². The summed E-state index contributed by atoms with van der Waals surface area (Å²) < 4.78 is 19.0. The van der Waals surface area contributed by atoms with E-state index in [4.69, 9.17) is 19.0 Å². The van der Waals surface area contributed by atoms with E-state index in [2.05, 4.69) is 17.1 Å². The molecule has 0 unspecified atom stereocenters. The van der Waals surface area contributed by atoms with Crippen molar-refractivity contribution in [2.45, 2.75) is 65.5 Å². The quantitative estimate of drug-likeness (QED) is 0.252. The zero-order valence-corrected chi connectivity index (χ0v) is 28.9. The molecule has 0 saturated carbocycles. The first kappa shape index (κ1) is 32.1. The van der Waals surface area contributed by atoms with Crippen LogP contribution in [0.3, 0.4) is 0 Å². The maximum absolute atomic E-state index is 14.1. The van der Waals surface area contributed by atoms with Crippen LogP contribution < -0.4 is 72.2 Å². The average molecular weight is 619 g/mol. The number of hydrogen-bond donors (Lipinski definition) is 1. The first-order valence-electron chi connectivity index (χ1n) is 14.6. The molecule has 6 rings (SSSR count). The van der Waals surface area contributed by atoms with Crippen LogP contribution in [0.5, 0.6) is 17.2 Å². The fraction of sp³-hybridized carbons (Fsp3) is 0.294. The van der Waals surface area contributed by atoms with E-state index in [1.165, 1.54) is 0 Å². The molecule has 10 heteroatoms. The van der Waals surface area contributed by atoms with Gasteiger partial charge >= 0.3 is 57.1 Å². The predicted octanol–water partition coefficient (Wildman–Crippen LogP) is 3.44. The molecule has 0 spiro atoms. The van der Waals surface area contributed by atoms with Crippen LogP contribution in [0.2, 0.25) is 0 Å². The van der Waals surface area contributed by atoms with Gasteiger partial charge < -0.3 is 10.9 Å². The molecule has 1 aliphatic rings. The normalized spacial score (nSPS) is 13.2. The van der Waals surface area contributed by atoms with Gasteiger partial charge in [0.25, 0.3) is 5.56 Å². The molecule has 3 heterocycles. The summed E-state index contributed by atoms with van der Waals surface area (Å²) in [5, 5.41) is 3.85. The number of nitrogens with one attached hydrogen (secondary N) is 1. The zero-order chi connectivity index (χ0) is 30.1. The van der Waals surface area contributed by atoms with Crippen LogP contribution >= 0.6 is 0 Å². The Morgan fingerprint density at radius 1 is 1.00 bits per heavy atom. The first-order chi connectivity index (χ1) is 20.8. The van der Waals surface area contributed by atoms with E-state index in [0.29, 0.717) is 42.4 Å². The Hall–Kier alpha value is -3.28. The Kier molecular flexibility index (Phi) is 9.76. The third-order valence-corrected chi connectivity index (χ3v) is 7.58. The Bertz CT molecular complexity index is 1910. The topological polar surface area (TPSA) is 112 Å². The SMILES string of the molecule is CCCc1nc(CC)c(Oc2cccc3c2OC(C)(C)C3)c(=O)n1Cc1ccc(-c2ccccc2-c2noc(=O)[nH]2)cc1.[H-].[K+]. The van der Waals surface area contributed by atoms with Gasteiger partial charge in [0, 0.05) is 24.0 Å². The van der Waals surface area contributed by atoms with E-state index in [9.17, 15) is 9.59 Å². The second-order valence-electron chi connectivity index (χ2n) is 11.4. The number of aromatic nitrogens is 4. The van der Waals surface area contributed by atoms with Gasteiger partial charge in [0.2, 0.25) is 5.75 Å². The second kappa shape index (κ2) is 13.4. The largest absolute Gasteiger partial charge is 1.00 e. The molecule has 0 amide bonds. The van der Waals surface area contributed by atoms with E-state index in [1.54, 1.807) is 4.57 Å². The molecular formula is C34H35KN4O5. The minimum Gasteiger partial charge on any atom is -1.00 e. The molecule has 0 saturated heterocycles. The van der Waals surface area contributed by atoms with Crippen molar-refractivity contribution in [3.63, 3.8) is 0 Å². The molecule has 0 radical (unpaired) electrons. The summed E-state index contributed by atoms with van der Waals surface area (Å²) in [6.45, 7) is 8.49. The molecule has 0 aliphatic carbocycles. The Balaban J connectivity index is 0.00000230. The number of para-hydroxylation sites is 1. The van der Waals surface area contributed by atoms with Crippen LogP contribution in [-0.4, -0.2) is 25.3 Å². The monoisotopic (exact) mass is 618 g/mol. The number of fused-ring (bicyclic) bond motifs is 1. The predicted molar refractivity (Wildman–Crippen MR) is 165 cm³/mol. The average Bonchev–Trinajstić information content (AvgIpc) is 3.58. The zero-order valence-electron chi connectivity index (χ0n) is 26.8. The van der Waals surface area contributed by atoms with Crippen LogP contribution in [0, 0.1) is 0 Å². The Labute approximate surface area is 299 Å². The van der Waals surface area contributed by atoms with E-state index in [1.807, 2.05) is 87.5 Å². The van der Waals surface area contributed by atoms with Gasteiger partial charge in [-0.05, 0) is 49.4 Å². The Morgan fingerprint density at radius 2 is 1.75 bits per heavy atom. The summed E-state index contributed by atoms with van der Waals surface area (Å²) in [7, 11) is 0.